The molecule has 0 aromatic heterocycles. The zero-order valence-corrected chi connectivity index (χ0v) is 11.6. The highest BCUT2D eigenvalue weighted by molar-refractivity contribution is 5.74. The van der Waals surface area contributed by atoms with Crippen LogP contribution in [0.3, 0.4) is 0 Å². The first kappa shape index (κ1) is 15.5. The third-order valence-electron chi connectivity index (χ3n) is 3.40. The van der Waals surface area contributed by atoms with Gasteiger partial charge in [0.25, 0.3) is 0 Å². The van der Waals surface area contributed by atoms with Crippen LogP contribution < -0.4 is 10.6 Å². The molecule has 1 aliphatic rings. The summed E-state index contributed by atoms with van der Waals surface area (Å²) in [5.74, 6) is -1.25. The van der Waals surface area contributed by atoms with E-state index in [1.807, 2.05) is 0 Å². The third-order valence-corrected chi connectivity index (χ3v) is 3.40. The standard InChI is InChI=1S/C14H24N2O3/c1-11(13(17)18)7-9-15-14(19)16-10-8-12-5-3-2-4-6-12/h5,11H,2-4,6-10H2,1H3,(H,17,18)(H2,15,16,19). The maximum absolute atomic E-state index is 11.4. The summed E-state index contributed by atoms with van der Waals surface area (Å²) in [6.45, 7) is 2.67. The van der Waals surface area contributed by atoms with Gasteiger partial charge in [0.1, 0.15) is 0 Å². The number of carboxylic acid groups (broad SMARTS) is 1. The highest BCUT2D eigenvalue weighted by atomic mass is 16.4. The lowest BCUT2D eigenvalue weighted by Crippen LogP contribution is -2.37. The van der Waals surface area contributed by atoms with Crippen molar-refractivity contribution in [3.8, 4) is 0 Å². The average Bonchev–Trinajstić information content (AvgIpc) is 2.39. The van der Waals surface area contributed by atoms with Gasteiger partial charge in [-0.25, -0.2) is 4.79 Å². The Hall–Kier alpha value is -1.52. The van der Waals surface area contributed by atoms with Gasteiger partial charge in [-0.1, -0.05) is 18.6 Å². The van der Waals surface area contributed by atoms with E-state index in [4.69, 9.17) is 5.11 Å². The summed E-state index contributed by atoms with van der Waals surface area (Å²) >= 11 is 0. The topological polar surface area (TPSA) is 78.4 Å². The molecule has 108 valence electrons. The Labute approximate surface area is 114 Å². The van der Waals surface area contributed by atoms with Gasteiger partial charge in [-0.15, -0.1) is 0 Å². The highest BCUT2D eigenvalue weighted by Crippen LogP contribution is 2.19. The van der Waals surface area contributed by atoms with Gasteiger partial charge in [0.2, 0.25) is 0 Å². The fourth-order valence-corrected chi connectivity index (χ4v) is 2.06. The summed E-state index contributed by atoms with van der Waals surface area (Å²) in [4.78, 5) is 22.0. The van der Waals surface area contributed by atoms with Crippen molar-refractivity contribution in [1.82, 2.24) is 10.6 Å². The maximum Gasteiger partial charge on any atom is 0.314 e. The van der Waals surface area contributed by atoms with Gasteiger partial charge in [-0.3, -0.25) is 4.79 Å². The van der Waals surface area contributed by atoms with E-state index < -0.39 is 11.9 Å². The van der Waals surface area contributed by atoms with Crippen molar-refractivity contribution < 1.29 is 14.7 Å². The average molecular weight is 268 g/mol. The number of nitrogens with one attached hydrogen (secondary N) is 2. The van der Waals surface area contributed by atoms with E-state index in [1.165, 1.54) is 18.4 Å². The Morgan fingerprint density at radius 2 is 2.05 bits per heavy atom. The summed E-state index contributed by atoms with van der Waals surface area (Å²) in [7, 11) is 0. The van der Waals surface area contributed by atoms with Crippen molar-refractivity contribution in [2.75, 3.05) is 13.1 Å². The summed E-state index contributed by atoms with van der Waals surface area (Å²) in [5.41, 5.74) is 1.44. The van der Waals surface area contributed by atoms with Crippen molar-refractivity contribution in [1.29, 1.82) is 0 Å². The highest BCUT2D eigenvalue weighted by Gasteiger charge is 2.10. The lowest BCUT2D eigenvalue weighted by molar-refractivity contribution is -0.141. The van der Waals surface area contributed by atoms with Crippen LogP contribution in [0.2, 0.25) is 0 Å². The number of carbonyl (C=O) groups is 2. The first-order chi connectivity index (χ1) is 9.09. The van der Waals surface area contributed by atoms with E-state index in [-0.39, 0.29) is 6.03 Å². The zero-order valence-electron chi connectivity index (χ0n) is 11.6. The predicted molar refractivity (Wildman–Crippen MR) is 74.0 cm³/mol. The summed E-state index contributed by atoms with van der Waals surface area (Å²) < 4.78 is 0. The lowest BCUT2D eigenvalue weighted by Gasteiger charge is -2.13. The first-order valence-corrected chi connectivity index (χ1v) is 7.02. The molecule has 0 saturated carbocycles. The molecule has 1 rings (SSSR count). The summed E-state index contributed by atoms with van der Waals surface area (Å²) in [6.07, 6.45) is 8.49. The van der Waals surface area contributed by atoms with Crippen molar-refractivity contribution in [2.45, 2.75) is 45.4 Å². The van der Waals surface area contributed by atoms with Gasteiger partial charge in [0.05, 0.1) is 5.92 Å². The first-order valence-electron chi connectivity index (χ1n) is 7.02. The molecule has 1 aliphatic carbocycles. The van der Waals surface area contributed by atoms with Crippen LogP contribution >= 0.6 is 0 Å². The molecule has 0 saturated heterocycles. The lowest BCUT2D eigenvalue weighted by atomic mass is 9.97. The largest absolute Gasteiger partial charge is 0.481 e. The zero-order chi connectivity index (χ0) is 14.1. The van der Waals surface area contributed by atoms with Crippen molar-refractivity contribution in [3.05, 3.63) is 11.6 Å². The molecule has 0 heterocycles. The van der Waals surface area contributed by atoms with Gasteiger partial charge in [0.15, 0.2) is 0 Å². The molecule has 5 nitrogen and oxygen atoms in total. The van der Waals surface area contributed by atoms with Crippen LogP contribution in [0.15, 0.2) is 11.6 Å². The summed E-state index contributed by atoms with van der Waals surface area (Å²) in [5, 5.41) is 14.2. The number of urea groups is 1. The van der Waals surface area contributed by atoms with E-state index in [0.717, 1.165) is 19.3 Å². The molecule has 19 heavy (non-hydrogen) atoms. The minimum atomic E-state index is -0.827. The van der Waals surface area contributed by atoms with E-state index >= 15 is 0 Å². The third kappa shape index (κ3) is 6.84. The molecule has 0 aliphatic heterocycles. The number of allylic oxidation sites excluding steroid dienone is 1. The molecule has 3 N–H and O–H groups in total. The molecule has 0 spiro atoms. The number of aliphatic carboxylic acids is 1. The Morgan fingerprint density at radius 1 is 1.32 bits per heavy atom. The predicted octanol–water partition coefficient (Wildman–Crippen LogP) is 2.29. The quantitative estimate of drug-likeness (QED) is 0.620. The molecule has 0 radical (unpaired) electrons. The second-order valence-electron chi connectivity index (χ2n) is 5.07. The van der Waals surface area contributed by atoms with Crippen LogP contribution in [-0.4, -0.2) is 30.2 Å². The molecule has 0 fully saturated rings. The van der Waals surface area contributed by atoms with Crippen molar-refractivity contribution >= 4 is 12.0 Å². The molecule has 0 bridgehead atoms. The Kier molecular flexibility index (Phi) is 7.00. The van der Waals surface area contributed by atoms with Crippen molar-refractivity contribution in [2.24, 2.45) is 5.92 Å². The second kappa shape index (κ2) is 8.56. The van der Waals surface area contributed by atoms with Crippen LogP contribution in [0.5, 0.6) is 0 Å². The number of carbonyl (C=O) groups excluding carboxylic acids is 1. The monoisotopic (exact) mass is 268 g/mol. The summed E-state index contributed by atoms with van der Waals surface area (Å²) in [6, 6.07) is -0.214. The molecule has 2 amide bonds. The molecular weight excluding hydrogens is 244 g/mol. The Balaban J connectivity index is 2.04. The minimum absolute atomic E-state index is 0.214. The minimum Gasteiger partial charge on any atom is -0.481 e. The molecule has 5 heteroatoms. The SMILES string of the molecule is CC(CCNC(=O)NCCC1=CCCCC1)C(=O)O. The second-order valence-corrected chi connectivity index (χ2v) is 5.07. The molecular formula is C14H24N2O3. The Morgan fingerprint density at radius 3 is 2.68 bits per heavy atom. The number of carboxylic acids is 1. The van der Waals surface area contributed by atoms with Gasteiger partial charge >= 0.3 is 12.0 Å². The molecule has 1 atom stereocenters. The van der Waals surface area contributed by atoms with Crippen LogP contribution in [0.25, 0.3) is 0 Å². The van der Waals surface area contributed by atoms with Gasteiger partial charge < -0.3 is 15.7 Å². The van der Waals surface area contributed by atoms with Crippen LogP contribution in [0.1, 0.15) is 45.4 Å². The van der Waals surface area contributed by atoms with E-state index in [1.54, 1.807) is 6.92 Å². The number of hydrogen-bond donors (Lipinski definition) is 3. The van der Waals surface area contributed by atoms with Crippen LogP contribution in [-0.2, 0) is 4.79 Å². The van der Waals surface area contributed by atoms with Crippen molar-refractivity contribution in [3.63, 3.8) is 0 Å². The molecule has 0 aromatic carbocycles. The fraction of sp³-hybridized carbons (Fsp3) is 0.714. The van der Waals surface area contributed by atoms with E-state index in [9.17, 15) is 9.59 Å². The van der Waals surface area contributed by atoms with E-state index in [2.05, 4.69) is 16.7 Å². The smallest absolute Gasteiger partial charge is 0.314 e. The normalized spacial score (nSPS) is 16.4. The van der Waals surface area contributed by atoms with Gasteiger partial charge in [0, 0.05) is 13.1 Å². The maximum atomic E-state index is 11.4. The number of amides is 2. The Bertz CT molecular complexity index is 340. The number of hydrogen-bond acceptors (Lipinski definition) is 2. The van der Waals surface area contributed by atoms with Crippen LogP contribution in [0, 0.1) is 5.92 Å². The van der Waals surface area contributed by atoms with E-state index in [0.29, 0.717) is 19.5 Å². The van der Waals surface area contributed by atoms with Crippen LogP contribution in [0.4, 0.5) is 4.79 Å². The fourth-order valence-electron chi connectivity index (χ4n) is 2.06. The van der Waals surface area contributed by atoms with Gasteiger partial charge in [-0.05, 0) is 38.5 Å². The number of rotatable bonds is 7. The molecule has 0 aromatic rings. The molecule has 1 unspecified atom stereocenters. The van der Waals surface area contributed by atoms with Gasteiger partial charge in [-0.2, -0.15) is 0 Å².